The Bertz CT molecular complexity index is 1520. The highest BCUT2D eigenvalue weighted by Crippen LogP contribution is 2.48. The van der Waals surface area contributed by atoms with Crippen molar-refractivity contribution in [3.63, 3.8) is 0 Å². The van der Waals surface area contributed by atoms with Gasteiger partial charge in [0.05, 0.1) is 32.4 Å². The molecule has 41 heavy (non-hydrogen) atoms. The molecule has 2 bridgehead atoms. The van der Waals surface area contributed by atoms with E-state index in [2.05, 4.69) is 11.4 Å². The number of Topliss-reactive ketones (excluding diaryl/α,β-unsaturated/α-hetero) is 5. The van der Waals surface area contributed by atoms with Crippen LogP contribution in [-0.2, 0) is 38.2 Å². The van der Waals surface area contributed by atoms with Gasteiger partial charge in [-0.15, -0.1) is 0 Å². The Kier molecular flexibility index (Phi) is 6.91. The van der Waals surface area contributed by atoms with Gasteiger partial charge in [0.25, 0.3) is 5.91 Å². The first kappa shape index (κ1) is 28.3. The van der Waals surface area contributed by atoms with Crippen molar-refractivity contribution in [1.82, 2.24) is 15.1 Å². The zero-order valence-corrected chi connectivity index (χ0v) is 23.6. The number of piperazine rings is 1. The molecule has 12 heteroatoms. The molecule has 0 aromatic rings. The fourth-order valence-electron chi connectivity index (χ4n) is 7.13. The molecule has 5 aliphatic rings. The molecular formula is C29H30N4O8. The van der Waals surface area contributed by atoms with Gasteiger partial charge >= 0.3 is 0 Å². The molecule has 1 saturated heterocycles. The van der Waals surface area contributed by atoms with Gasteiger partial charge in [-0.25, -0.2) is 0 Å². The summed E-state index contributed by atoms with van der Waals surface area (Å²) in [7, 11) is 4.38. The van der Waals surface area contributed by atoms with Crippen LogP contribution in [-0.4, -0.2) is 103 Å². The molecule has 3 aliphatic heterocycles. The molecule has 214 valence electrons. The zero-order valence-electron chi connectivity index (χ0n) is 23.6. The number of nitriles is 1. The van der Waals surface area contributed by atoms with E-state index in [0.717, 1.165) is 6.92 Å². The first-order valence-electron chi connectivity index (χ1n) is 13.2. The van der Waals surface area contributed by atoms with Crippen LogP contribution in [0.5, 0.6) is 0 Å². The summed E-state index contributed by atoms with van der Waals surface area (Å²) in [6.45, 7) is 3.89. The molecule has 2 aliphatic carbocycles. The van der Waals surface area contributed by atoms with E-state index in [1.165, 1.54) is 28.1 Å². The van der Waals surface area contributed by atoms with Crippen molar-refractivity contribution in [3.8, 4) is 6.07 Å². The lowest BCUT2D eigenvalue weighted by molar-refractivity contribution is -0.137. The molecule has 3 heterocycles. The van der Waals surface area contributed by atoms with Crippen molar-refractivity contribution in [2.45, 2.75) is 63.8 Å². The highest BCUT2D eigenvalue weighted by atomic mass is 16.5. The Morgan fingerprint density at radius 2 is 1.41 bits per heavy atom. The number of fused-ring (bicyclic) bond motifs is 5. The second-order valence-electron chi connectivity index (χ2n) is 10.9. The van der Waals surface area contributed by atoms with E-state index in [9.17, 15) is 34.0 Å². The monoisotopic (exact) mass is 562 g/mol. The topological polar surface area (TPSA) is 163 Å². The minimum atomic E-state index is -0.985. The first-order chi connectivity index (χ1) is 19.4. The van der Waals surface area contributed by atoms with E-state index in [1.54, 1.807) is 11.9 Å². The number of likely N-dealkylation sites (N-methyl/N-ethyl adjacent to an activating group) is 1. The number of nitrogens with one attached hydrogen (secondary N) is 1. The third-order valence-electron chi connectivity index (χ3n) is 8.99. The highest BCUT2D eigenvalue weighted by Gasteiger charge is 2.59. The molecule has 1 N–H and O–H groups in total. The van der Waals surface area contributed by atoms with Crippen molar-refractivity contribution in [1.29, 1.82) is 5.26 Å². The van der Waals surface area contributed by atoms with Gasteiger partial charge in [0.2, 0.25) is 17.3 Å². The molecule has 1 amide bonds. The van der Waals surface area contributed by atoms with Gasteiger partial charge in [-0.05, 0) is 33.7 Å². The molecule has 5 rings (SSSR count). The third kappa shape index (κ3) is 3.87. The van der Waals surface area contributed by atoms with Crippen molar-refractivity contribution < 1.29 is 38.2 Å². The summed E-state index contributed by atoms with van der Waals surface area (Å²) in [5, 5.41) is 13.0. The van der Waals surface area contributed by atoms with E-state index in [1.807, 2.05) is 4.90 Å². The highest BCUT2D eigenvalue weighted by molar-refractivity contribution is 6.35. The quantitative estimate of drug-likeness (QED) is 0.350. The van der Waals surface area contributed by atoms with Crippen LogP contribution in [0, 0.1) is 11.3 Å². The van der Waals surface area contributed by atoms with Crippen molar-refractivity contribution >= 4 is 34.8 Å². The van der Waals surface area contributed by atoms with E-state index < -0.39 is 59.2 Å². The number of nitrogens with zero attached hydrogens (tertiary/aromatic N) is 3. The van der Waals surface area contributed by atoms with E-state index in [0.29, 0.717) is 5.57 Å². The number of ketones is 5. The Hall–Kier alpha value is -4.21. The minimum absolute atomic E-state index is 0.00850. The number of methoxy groups -OCH3 is 2. The number of rotatable bonds is 5. The lowest BCUT2D eigenvalue weighted by Gasteiger charge is -2.60. The van der Waals surface area contributed by atoms with E-state index >= 15 is 0 Å². The lowest BCUT2D eigenvalue weighted by Crippen LogP contribution is -2.74. The second-order valence-corrected chi connectivity index (χ2v) is 10.9. The van der Waals surface area contributed by atoms with Crippen LogP contribution in [0.4, 0.5) is 0 Å². The van der Waals surface area contributed by atoms with Crippen LogP contribution in [0.3, 0.4) is 0 Å². The predicted molar refractivity (Wildman–Crippen MR) is 141 cm³/mol. The summed E-state index contributed by atoms with van der Waals surface area (Å²) < 4.78 is 10.6. The van der Waals surface area contributed by atoms with E-state index in [4.69, 9.17) is 9.47 Å². The fraction of sp³-hybridized carbons (Fsp3) is 0.483. The van der Waals surface area contributed by atoms with Gasteiger partial charge in [0.1, 0.15) is 6.04 Å². The largest absolute Gasteiger partial charge is 0.492 e. The van der Waals surface area contributed by atoms with Crippen LogP contribution in [0.1, 0.15) is 33.6 Å². The average Bonchev–Trinajstić information content (AvgIpc) is 2.93. The number of carbonyl (C=O) groups is 6. The Morgan fingerprint density at radius 3 is 1.93 bits per heavy atom. The van der Waals surface area contributed by atoms with Gasteiger partial charge in [-0.3, -0.25) is 38.6 Å². The SMILES string of the molecule is COC1=C(C)C(=O)C2=C(C1=O)[C@@H]1[C@H]3CC4=C(C(=O)C(OC)=C(C)C4=O)[C@H](CNC(=O)C(C)=O)N3[C@H](C#N)[C@H](C2)N1C. The molecule has 0 spiro atoms. The maximum atomic E-state index is 13.8. The number of amides is 1. The number of ether oxygens (including phenoxy) is 2. The molecule has 0 radical (unpaired) electrons. The van der Waals surface area contributed by atoms with E-state index in [-0.39, 0.29) is 64.6 Å². The van der Waals surface area contributed by atoms with Crippen LogP contribution < -0.4 is 5.32 Å². The molecule has 12 nitrogen and oxygen atoms in total. The molecule has 0 saturated carbocycles. The molecule has 1 fully saturated rings. The number of hydrogen-bond acceptors (Lipinski definition) is 11. The molecule has 0 aromatic carbocycles. The third-order valence-corrected chi connectivity index (χ3v) is 8.99. The maximum absolute atomic E-state index is 13.8. The predicted octanol–water partition coefficient (Wildman–Crippen LogP) is -0.149. The van der Waals surface area contributed by atoms with Crippen molar-refractivity contribution in [2.75, 3.05) is 27.8 Å². The second kappa shape index (κ2) is 10.0. The van der Waals surface area contributed by atoms with Gasteiger partial charge in [0.15, 0.2) is 23.1 Å². The first-order valence-corrected chi connectivity index (χ1v) is 13.2. The summed E-state index contributed by atoms with van der Waals surface area (Å²) in [4.78, 5) is 82.3. The summed E-state index contributed by atoms with van der Waals surface area (Å²) >= 11 is 0. The fourth-order valence-corrected chi connectivity index (χ4v) is 7.13. The molecular weight excluding hydrogens is 532 g/mol. The lowest BCUT2D eigenvalue weighted by atomic mass is 9.67. The van der Waals surface area contributed by atoms with Crippen LogP contribution in [0.15, 0.2) is 45.0 Å². The molecule has 5 atom stereocenters. The maximum Gasteiger partial charge on any atom is 0.287 e. The Balaban J connectivity index is 1.71. The standard InChI is InChI=1S/C29H30N4O8/c1-11-23(35)14-8-17-22-21-15(24(36)12(2)28(41-6)26(21)38)7-16(32(22)4)18(9-30)33(17)19(10-31-29(39)13(3)34)20(14)25(37)27(11)40-5/h16-19,22H,7-8,10H2,1-6H3,(H,31,39)/t16-,17+,18+,19-,22-/m0/s1. The Labute approximate surface area is 236 Å². The minimum Gasteiger partial charge on any atom is -0.492 e. The van der Waals surface area contributed by atoms with Crippen LogP contribution >= 0.6 is 0 Å². The normalized spacial score (nSPS) is 30.1. The molecule has 0 aromatic heterocycles. The van der Waals surface area contributed by atoms with Crippen LogP contribution in [0.25, 0.3) is 0 Å². The number of hydrogen-bond donors (Lipinski definition) is 1. The van der Waals surface area contributed by atoms with Gasteiger partial charge in [-0.1, -0.05) is 0 Å². The van der Waals surface area contributed by atoms with Gasteiger partial charge < -0.3 is 14.8 Å². The number of carbonyl (C=O) groups excluding carboxylic acids is 6. The van der Waals surface area contributed by atoms with Gasteiger partial charge in [0, 0.05) is 59.0 Å². The summed E-state index contributed by atoms with van der Waals surface area (Å²) in [6, 6.07) is -1.52. The average molecular weight is 563 g/mol. The Morgan fingerprint density at radius 1 is 0.902 bits per heavy atom. The molecule has 0 unspecified atom stereocenters. The van der Waals surface area contributed by atoms with Crippen LogP contribution in [0.2, 0.25) is 0 Å². The summed E-state index contributed by atoms with van der Waals surface area (Å²) in [5.41, 5.74) is 1.19. The summed E-state index contributed by atoms with van der Waals surface area (Å²) in [5.74, 6) is -3.51. The van der Waals surface area contributed by atoms with Crippen molar-refractivity contribution in [3.05, 3.63) is 45.0 Å². The van der Waals surface area contributed by atoms with Gasteiger partial charge in [-0.2, -0.15) is 5.26 Å². The number of allylic oxidation sites excluding steroid dienone is 4. The van der Waals surface area contributed by atoms with Crippen molar-refractivity contribution in [2.24, 2.45) is 0 Å². The zero-order chi connectivity index (χ0) is 30.1. The summed E-state index contributed by atoms with van der Waals surface area (Å²) in [6.07, 6.45) is 0.116. The smallest absolute Gasteiger partial charge is 0.287 e.